The van der Waals surface area contributed by atoms with E-state index in [4.69, 9.17) is 4.74 Å². The zero-order chi connectivity index (χ0) is 13.6. The van der Waals surface area contributed by atoms with Gasteiger partial charge in [-0.05, 0) is 52.6 Å². The van der Waals surface area contributed by atoms with Gasteiger partial charge >= 0.3 is 0 Å². The summed E-state index contributed by atoms with van der Waals surface area (Å²) >= 11 is 0. The first-order valence-electron chi connectivity index (χ1n) is 7.10. The Balaban J connectivity index is 2.73. The highest BCUT2D eigenvalue weighted by atomic mass is 16.5. The fourth-order valence-electron chi connectivity index (χ4n) is 2.57. The number of piperidine rings is 1. The van der Waals surface area contributed by atoms with Crippen molar-refractivity contribution < 1.29 is 9.53 Å². The Morgan fingerprint density at radius 3 is 2.78 bits per heavy atom. The molecule has 1 fully saturated rings. The topological polar surface area (TPSA) is 41.6 Å². The van der Waals surface area contributed by atoms with Crippen LogP contribution in [0.15, 0.2) is 0 Å². The second-order valence-corrected chi connectivity index (χ2v) is 5.33. The number of rotatable bonds is 6. The molecular weight excluding hydrogens is 228 g/mol. The maximum absolute atomic E-state index is 12.6. The van der Waals surface area contributed by atoms with Gasteiger partial charge in [-0.3, -0.25) is 4.79 Å². The fourth-order valence-corrected chi connectivity index (χ4v) is 2.57. The van der Waals surface area contributed by atoms with Crippen molar-refractivity contribution in [3.05, 3.63) is 0 Å². The molecule has 4 nitrogen and oxygen atoms in total. The smallest absolute Gasteiger partial charge is 0.254 e. The highest BCUT2D eigenvalue weighted by Crippen LogP contribution is 2.25. The molecule has 1 heterocycles. The zero-order valence-corrected chi connectivity index (χ0v) is 12.3. The standard InChI is InChI=1S/C14H28N2O2/c1-5-14(2,18-4)13(17)16-11-7-6-8-12(16)9-10-15-3/h12,15H,5-11H2,1-4H3. The Hall–Kier alpha value is -0.610. The zero-order valence-electron chi connectivity index (χ0n) is 12.3. The molecule has 2 atom stereocenters. The van der Waals surface area contributed by atoms with Gasteiger partial charge in [-0.1, -0.05) is 6.92 Å². The summed E-state index contributed by atoms with van der Waals surface area (Å²) in [6.07, 6.45) is 5.22. The molecule has 0 aromatic heterocycles. The summed E-state index contributed by atoms with van der Waals surface area (Å²) in [4.78, 5) is 14.7. The first-order chi connectivity index (χ1) is 8.59. The van der Waals surface area contributed by atoms with Crippen LogP contribution in [0.3, 0.4) is 0 Å². The van der Waals surface area contributed by atoms with Crippen molar-refractivity contribution in [1.29, 1.82) is 0 Å². The summed E-state index contributed by atoms with van der Waals surface area (Å²) in [6.45, 7) is 5.75. The minimum absolute atomic E-state index is 0.160. The van der Waals surface area contributed by atoms with Crippen LogP contribution in [0.5, 0.6) is 0 Å². The molecule has 1 rings (SSSR count). The summed E-state index contributed by atoms with van der Waals surface area (Å²) in [5, 5.41) is 3.17. The largest absolute Gasteiger partial charge is 0.369 e. The van der Waals surface area contributed by atoms with E-state index in [1.54, 1.807) is 7.11 Å². The van der Waals surface area contributed by atoms with E-state index in [2.05, 4.69) is 5.32 Å². The molecule has 4 heteroatoms. The van der Waals surface area contributed by atoms with Crippen molar-refractivity contribution in [3.63, 3.8) is 0 Å². The average molecular weight is 256 g/mol. The fraction of sp³-hybridized carbons (Fsp3) is 0.929. The predicted molar refractivity (Wildman–Crippen MR) is 73.6 cm³/mol. The van der Waals surface area contributed by atoms with Crippen molar-refractivity contribution in [2.45, 2.75) is 57.6 Å². The number of amides is 1. The second-order valence-electron chi connectivity index (χ2n) is 5.33. The van der Waals surface area contributed by atoms with Crippen LogP contribution in [-0.2, 0) is 9.53 Å². The van der Waals surface area contributed by atoms with E-state index in [0.717, 1.165) is 38.8 Å². The lowest BCUT2D eigenvalue weighted by molar-refractivity contribution is -0.157. The Kier molecular flexibility index (Phi) is 6.09. The predicted octanol–water partition coefficient (Wildman–Crippen LogP) is 1.79. The second kappa shape index (κ2) is 7.10. The lowest BCUT2D eigenvalue weighted by Gasteiger charge is -2.40. The number of hydrogen-bond acceptors (Lipinski definition) is 3. The Morgan fingerprint density at radius 1 is 1.50 bits per heavy atom. The molecule has 1 N–H and O–H groups in total. The van der Waals surface area contributed by atoms with Crippen LogP contribution < -0.4 is 5.32 Å². The molecule has 0 aliphatic carbocycles. The highest BCUT2D eigenvalue weighted by Gasteiger charge is 2.38. The van der Waals surface area contributed by atoms with Gasteiger partial charge < -0.3 is 15.0 Å². The van der Waals surface area contributed by atoms with Crippen molar-refractivity contribution in [2.75, 3.05) is 27.2 Å². The van der Waals surface area contributed by atoms with E-state index in [0.29, 0.717) is 6.04 Å². The number of nitrogens with one attached hydrogen (secondary N) is 1. The van der Waals surface area contributed by atoms with Gasteiger partial charge in [-0.2, -0.15) is 0 Å². The highest BCUT2D eigenvalue weighted by molar-refractivity contribution is 5.85. The third-order valence-electron chi connectivity index (χ3n) is 4.19. The molecule has 0 radical (unpaired) electrons. The molecule has 0 aromatic rings. The van der Waals surface area contributed by atoms with Gasteiger partial charge in [0, 0.05) is 19.7 Å². The third-order valence-corrected chi connectivity index (χ3v) is 4.19. The van der Waals surface area contributed by atoms with E-state index in [-0.39, 0.29) is 5.91 Å². The van der Waals surface area contributed by atoms with Gasteiger partial charge in [-0.15, -0.1) is 0 Å². The van der Waals surface area contributed by atoms with E-state index in [9.17, 15) is 4.79 Å². The van der Waals surface area contributed by atoms with Crippen LogP contribution >= 0.6 is 0 Å². The number of methoxy groups -OCH3 is 1. The summed E-state index contributed by atoms with van der Waals surface area (Å²) < 4.78 is 5.45. The van der Waals surface area contributed by atoms with E-state index in [1.165, 1.54) is 6.42 Å². The lowest BCUT2D eigenvalue weighted by Crippen LogP contribution is -2.54. The van der Waals surface area contributed by atoms with Gasteiger partial charge in [0.1, 0.15) is 5.60 Å². The monoisotopic (exact) mass is 256 g/mol. The summed E-state index contributed by atoms with van der Waals surface area (Å²) in [6, 6.07) is 0.375. The number of nitrogens with zero attached hydrogens (tertiary/aromatic N) is 1. The first kappa shape index (κ1) is 15.4. The van der Waals surface area contributed by atoms with Gasteiger partial charge in [0.2, 0.25) is 0 Å². The maximum atomic E-state index is 12.6. The number of carbonyl (C=O) groups excluding carboxylic acids is 1. The SMILES string of the molecule is CCC(C)(OC)C(=O)N1CCCCC1CCNC. The van der Waals surface area contributed by atoms with Crippen molar-refractivity contribution in [1.82, 2.24) is 10.2 Å². The summed E-state index contributed by atoms with van der Waals surface area (Å²) in [5.74, 6) is 0.160. The van der Waals surface area contributed by atoms with Crippen LogP contribution in [0.4, 0.5) is 0 Å². The summed E-state index contributed by atoms with van der Waals surface area (Å²) in [7, 11) is 3.59. The Morgan fingerprint density at radius 2 is 2.22 bits per heavy atom. The van der Waals surface area contributed by atoms with Gasteiger partial charge in [0.25, 0.3) is 5.91 Å². The average Bonchev–Trinajstić information content (AvgIpc) is 2.43. The first-order valence-corrected chi connectivity index (χ1v) is 7.10. The van der Waals surface area contributed by atoms with Crippen LogP contribution in [0, 0.1) is 0 Å². The van der Waals surface area contributed by atoms with Crippen molar-refractivity contribution >= 4 is 5.91 Å². The molecule has 1 amide bonds. The Bertz CT molecular complexity index is 265. The van der Waals surface area contributed by atoms with E-state index >= 15 is 0 Å². The van der Waals surface area contributed by atoms with Crippen LogP contribution in [0.25, 0.3) is 0 Å². The minimum atomic E-state index is -0.658. The van der Waals surface area contributed by atoms with Crippen LogP contribution in [0.1, 0.15) is 46.0 Å². The van der Waals surface area contributed by atoms with E-state index in [1.807, 2.05) is 25.8 Å². The minimum Gasteiger partial charge on any atom is -0.369 e. The molecule has 106 valence electrons. The number of ether oxygens (including phenoxy) is 1. The summed E-state index contributed by atoms with van der Waals surface area (Å²) in [5.41, 5.74) is -0.658. The third kappa shape index (κ3) is 3.45. The molecule has 0 bridgehead atoms. The molecule has 1 aliphatic heterocycles. The molecule has 1 aliphatic rings. The lowest BCUT2D eigenvalue weighted by atomic mass is 9.94. The molecule has 18 heavy (non-hydrogen) atoms. The quantitative estimate of drug-likeness (QED) is 0.788. The molecule has 0 saturated carbocycles. The molecule has 1 saturated heterocycles. The number of hydrogen-bond donors (Lipinski definition) is 1. The van der Waals surface area contributed by atoms with Crippen molar-refractivity contribution in [3.8, 4) is 0 Å². The van der Waals surface area contributed by atoms with Crippen molar-refractivity contribution in [2.24, 2.45) is 0 Å². The Labute approximate surface area is 111 Å². The number of likely N-dealkylation sites (tertiary alicyclic amines) is 1. The van der Waals surface area contributed by atoms with Crippen LogP contribution in [-0.4, -0.2) is 49.7 Å². The van der Waals surface area contributed by atoms with Gasteiger partial charge in [-0.25, -0.2) is 0 Å². The molecule has 2 unspecified atom stereocenters. The molecular formula is C14H28N2O2. The van der Waals surface area contributed by atoms with Gasteiger partial charge in [0.15, 0.2) is 0 Å². The molecule has 0 spiro atoms. The number of carbonyl (C=O) groups is 1. The maximum Gasteiger partial charge on any atom is 0.254 e. The molecule has 0 aromatic carbocycles. The normalized spacial score (nSPS) is 23.8. The van der Waals surface area contributed by atoms with E-state index < -0.39 is 5.60 Å². The van der Waals surface area contributed by atoms with Crippen LogP contribution in [0.2, 0.25) is 0 Å². The van der Waals surface area contributed by atoms with Gasteiger partial charge in [0.05, 0.1) is 0 Å².